The Morgan fingerprint density at radius 2 is 1.93 bits per heavy atom. The number of carbonyl (C=O) groups excluding carboxylic acids is 2. The number of hydrogen-bond acceptors (Lipinski definition) is 5. The van der Waals surface area contributed by atoms with Gasteiger partial charge in [0.2, 0.25) is 5.91 Å². The van der Waals surface area contributed by atoms with Gasteiger partial charge in [-0.25, -0.2) is 9.78 Å². The summed E-state index contributed by atoms with van der Waals surface area (Å²) in [4.78, 5) is 45.4. The van der Waals surface area contributed by atoms with E-state index in [1.54, 1.807) is 41.3 Å². The summed E-state index contributed by atoms with van der Waals surface area (Å²) in [5.41, 5.74) is 2.36. The maximum absolute atomic E-state index is 12.4. The number of piperidine rings is 1. The second-order valence-electron chi connectivity index (χ2n) is 7.11. The summed E-state index contributed by atoms with van der Waals surface area (Å²) >= 11 is 0. The van der Waals surface area contributed by atoms with Gasteiger partial charge in [-0.2, -0.15) is 0 Å². The van der Waals surface area contributed by atoms with Crippen LogP contribution < -0.4 is 10.5 Å². The normalized spacial score (nSPS) is 14.2. The van der Waals surface area contributed by atoms with E-state index in [1.165, 1.54) is 0 Å². The Labute approximate surface area is 167 Å². The zero-order chi connectivity index (χ0) is 20.4. The Morgan fingerprint density at radius 1 is 1.14 bits per heavy atom. The maximum Gasteiger partial charge on any atom is 0.338 e. The number of para-hydroxylation sites is 1. The Kier molecular flexibility index (Phi) is 5.12. The van der Waals surface area contributed by atoms with Gasteiger partial charge in [-0.1, -0.05) is 12.1 Å². The number of benzene rings is 2. The van der Waals surface area contributed by atoms with Crippen LogP contribution in [0.3, 0.4) is 0 Å². The largest absolute Gasteiger partial charge is 0.454 e. The molecule has 29 heavy (non-hydrogen) atoms. The molecular formula is C22H21N3O4. The molecule has 0 unspecified atom stereocenters. The molecule has 0 spiro atoms. The highest BCUT2D eigenvalue weighted by Crippen LogP contribution is 2.21. The number of nitrogens with one attached hydrogen (secondary N) is 1. The fourth-order valence-electron chi connectivity index (χ4n) is 3.49. The average molecular weight is 391 g/mol. The summed E-state index contributed by atoms with van der Waals surface area (Å²) in [5, 5.41) is 0.503. The van der Waals surface area contributed by atoms with Crippen molar-refractivity contribution in [1.82, 2.24) is 9.97 Å². The monoisotopic (exact) mass is 391 g/mol. The van der Waals surface area contributed by atoms with Gasteiger partial charge < -0.3 is 14.6 Å². The Balaban J connectivity index is 1.46. The molecule has 2 heterocycles. The maximum atomic E-state index is 12.4. The van der Waals surface area contributed by atoms with Gasteiger partial charge in [-0.3, -0.25) is 9.59 Å². The first-order valence-corrected chi connectivity index (χ1v) is 9.59. The standard InChI is InChI=1S/C22H21N3O4/c1-14-5-4-6-17-20(14)23-18(24-21(17)27)13-29-22(28)15-8-10-16(11-9-15)25-12-3-2-7-19(25)26/h4-6,8-11H,2-3,7,12-13H2,1H3,(H,23,24,27). The third-order valence-electron chi connectivity index (χ3n) is 5.07. The van der Waals surface area contributed by atoms with E-state index in [4.69, 9.17) is 4.74 Å². The number of hydrogen-bond donors (Lipinski definition) is 1. The number of aromatic nitrogens is 2. The highest BCUT2D eigenvalue weighted by Gasteiger charge is 2.20. The topological polar surface area (TPSA) is 92.4 Å². The lowest BCUT2D eigenvalue weighted by atomic mass is 10.1. The van der Waals surface area contributed by atoms with Gasteiger partial charge in [-0.15, -0.1) is 0 Å². The zero-order valence-electron chi connectivity index (χ0n) is 16.1. The smallest absolute Gasteiger partial charge is 0.338 e. The predicted molar refractivity (Wildman–Crippen MR) is 109 cm³/mol. The summed E-state index contributed by atoms with van der Waals surface area (Å²) in [6, 6.07) is 12.2. The molecule has 0 atom stereocenters. The van der Waals surface area contributed by atoms with Gasteiger partial charge in [0, 0.05) is 18.7 Å². The van der Waals surface area contributed by atoms with Crippen LogP contribution in [0.5, 0.6) is 0 Å². The molecule has 1 aliphatic rings. The van der Waals surface area contributed by atoms with Crippen molar-refractivity contribution in [3.05, 3.63) is 69.8 Å². The molecule has 4 rings (SSSR count). The molecule has 7 nitrogen and oxygen atoms in total. The fraction of sp³-hybridized carbons (Fsp3) is 0.273. The van der Waals surface area contributed by atoms with Gasteiger partial charge in [0.25, 0.3) is 5.56 Å². The molecule has 0 saturated carbocycles. The van der Waals surface area contributed by atoms with Crippen molar-refractivity contribution in [2.24, 2.45) is 0 Å². The van der Waals surface area contributed by atoms with Gasteiger partial charge in [0.05, 0.1) is 16.5 Å². The number of esters is 1. The lowest BCUT2D eigenvalue weighted by molar-refractivity contribution is -0.119. The van der Waals surface area contributed by atoms with E-state index in [-0.39, 0.29) is 18.1 Å². The second-order valence-corrected chi connectivity index (χ2v) is 7.11. The lowest BCUT2D eigenvalue weighted by Gasteiger charge is -2.26. The number of anilines is 1. The van der Waals surface area contributed by atoms with E-state index in [1.807, 2.05) is 13.0 Å². The predicted octanol–water partition coefficient (Wildman–Crippen LogP) is 3.11. The van der Waals surface area contributed by atoms with Crippen molar-refractivity contribution >= 4 is 28.5 Å². The lowest BCUT2D eigenvalue weighted by Crippen LogP contribution is -2.35. The third-order valence-corrected chi connectivity index (χ3v) is 5.07. The molecule has 1 N–H and O–H groups in total. The SMILES string of the molecule is Cc1cccc2c(=O)[nH]c(COC(=O)c3ccc(N4CCCCC4=O)cc3)nc12. The van der Waals surface area contributed by atoms with Crippen molar-refractivity contribution in [1.29, 1.82) is 0 Å². The Bertz CT molecular complexity index is 1130. The summed E-state index contributed by atoms with van der Waals surface area (Å²) in [7, 11) is 0. The first kappa shape index (κ1) is 18.9. The fourth-order valence-corrected chi connectivity index (χ4v) is 3.49. The molecule has 1 amide bonds. The van der Waals surface area contributed by atoms with Crippen LogP contribution in [-0.4, -0.2) is 28.4 Å². The zero-order valence-corrected chi connectivity index (χ0v) is 16.1. The highest BCUT2D eigenvalue weighted by molar-refractivity contribution is 5.95. The number of ether oxygens (including phenoxy) is 1. The minimum atomic E-state index is -0.519. The quantitative estimate of drug-likeness (QED) is 0.690. The summed E-state index contributed by atoms with van der Waals surface area (Å²) in [6.07, 6.45) is 2.45. The molecule has 1 saturated heterocycles. The van der Waals surface area contributed by atoms with E-state index in [0.29, 0.717) is 35.3 Å². The third kappa shape index (κ3) is 3.89. The van der Waals surface area contributed by atoms with Crippen molar-refractivity contribution in [3.8, 4) is 0 Å². The number of aryl methyl sites for hydroxylation is 1. The average Bonchev–Trinajstić information content (AvgIpc) is 2.73. The number of H-pyrrole nitrogens is 1. The number of amides is 1. The molecule has 0 radical (unpaired) electrons. The van der Waals surface area contributed by atoms with E-state index in [0.717, 1.165) is 24.1 Å². The minimum Gasteiger partial charge on any atom is -0.454 e. The van der Waals surface area contributed by atoms with Crippen LogP contribution in [-0.2, 0) is 16.1 Å². The summed E-state index contributed by atoms with van der Waals surface area (Å²) < 4.78 is 5.31. The number of fused-ring (bicyclic) bond motifs is 1. The van der Waals surface area contributed by atoms with E-state index < -0.39 is 5.97 Å². The van der Waals surface area contributed by atoms with Crippen molar-refractivity contribution in [3.63, 3.8) is 0 Å². The van der Waals surface area contributed by atoms with Crippen LogP contribution in [0.15, 0.2) is 47.3 Å². The number of aromatic amines is 1. The van der Waals surface area contributed by atoms with Gasteiger partial charge >= 0.3 is 5.97 Å². The molecule has 0 bridgehead atoms. The molecule has 3 aromatic rings. The Hall–Kier alpha value is -3.48. The molecule has 1 fully saturated rings. The Morgan fingerprint density at radius 3 is 2.69 bits per heavy atom. The second kappa shape index (κ2) is 7.87. The number of nitrogens with zero attached hydrogens (tertiary/aromatic N) is 2. The van der Waals surface area contributed by atoms with E-state index in [2.05, 4.69) is 9.97 Å². The minimum absolute atomic E-state index is 0.105. The van der Waals surface area contributed by atoms with Crippen molar-refractivity contribution < 1.29 is 14.3 Å². The molecule has 148 valence electrons. The van der Waals surface area contributed by atoms with Crippen LogP contribution in [0, 0.1) is 6.92 Å². The summed E-state index contributed by atoms with van der Waals surface area (Å²) in [5.74, 6) is -0.122. The molecule has 1 aromatic heterocycles. The number of carbonyl (C=O) groups is 2. The highest BCUT2D eigenvalue weighted by atomic mass is 16.5. The first-order chi connectivity index (χ1) is 14.0. The van der Waals surface area contributed by atoms with Crippen LogP contribution in [0.1, 0.15) is 41.0 Å². The van der Waals surface area contributed by atoms with Crippen LogP contribution in [0.25, 0.3) is 10.9 Å². The van der Waals surface area contributed by atoms with Gasteiger partial charge in [-0.05, 0) is 55.7 Å². The molecule has 0 aliphatic carbocycles. The first-order valence-electron chi connectivity index (χ1n) is 9.59. The van der Waals surface area contributed by atoms with Crippen molar-refractivity contribution in [2.75, 3.05) is 11.4 Å². The van der Waals surface area contributed by atoms with Gasteiger partial charge in [0.1, 0.15) is 12.4 Å². The van der Waals surface area contributed by atoms with E-state index in [9.17, 15) is 14.4 Å². The number of rotatable bonds is 4. The summed E-state index contributed by atoms with van der Waals surface area (Å²) in [6.45, 7) is 2.44. The molecule has 1 aliphatic heterocycles. The molecule has 2 aromatic carbocycles. The van der Waals surface area contributed by atoms with Crippen molar-refractivity contribution in [2.45, 2.75) is 32.8 Å². The van der Waals surface area contributed by atoms with Crippen LogP contribution in [0.2, 0.25) is 0 Å². The van der Waals surface area contributed by atoms with Gasteiger partial charge in [0.15, 0.2) is 0 Å². The van der Waals surface area contributed by atoms with Crippen LogP contribution >= 0.6 is 0 Å². The molecular weight excluding hydrogens is 370 g/mol. The molecule has 7 heteroatoms. The van der Waals surface area contributed by atoms with Crippen LogP contribution in [0.4, 0.5) is 5.69 Å². The van der Waals surface area contributed by atoms with E-state index >= 15 is 0 Å².